The first-order valence-corrected chi connectivity index (χ1v) is 6.62. The van der Waals surface area contributed by atoms with Crippen LogP contribution in [-0.4, -0.2) is 53.8 Å². The zero-order chi connectivity index (χ0) is 14.4. The fourth-order valence-electron chi connectivity index (χ4n) is 1.91. The van der Waals surface area contributed by atoms with Crippen LogP contribution in [0.4, 0.5) is 0 Å². The van der Waals surface area contributed by atoms with E-state index in [4.69, 9.17) is 9.84 Å². The highest BCUT2D eigenvalue weighted by atomic mass is 16.5. The summed E-state index contributed by atoms with van der Waals surface area (Å²) >= 11 is 0. The first kappa shape index (κ1) is 14.5. The van der Waals surface area contributed by atoms with Crippen molar-refractivity contribution in [2.45, 2.75) is 18.9 Å². The van der Waals surface area contributed by atoms with Gasteiger partial charge in [0.2, 0.25) is 0 Å². The van der Waals surface area contributed by atoms with Crippen molar-refractivity contribution >= 4 is 5.91 Å². The molecule has 1 fully saturated rings. The predicted molar refractivity (Wildman–Crippen MR) is 74.1 cm³/mol. The Kier molecular flexibility index (Phi) is 5.10. The van der Waals surface area contributed by atoms with Crippen LogP contribution in [0, 0.1) is 11.8 Å². The Labute approximate surface area is 118 Å². The number of aliphatic hydroxyl groups excluding tert-OH is 1. The molecule has 1 saturated carbocycles. The molecule has 1 aromatic rings. The summed E-state index contributed by atoms with van der Waals surface area (Å²) in [5.41, 5.74) is 1.10. The zero-order valence-electron chi connectivity index (χ0n) is 11.5. The second-order valence-corrected chi connectivity index (χ2v) is 4.61. The Morgan fingerprint density at radius 1 is 1.55 bits per heavy atom. The van der Waals surface area contributed by atoms with Gasteiger partial charge < -0.3 is 14.7 Å². The van der Waals surface area contributed by atoms with Crippen LogP contribution in [-0.2, 0) is 4.74 Å². The van der Waals surface area contributed by atoms with Crippen LogP contribution in [0.2, 0.25) is 0 Å². The first-order chi connectivity index (χ1) is 9.76. The van der Waals surface area contributed by atoms with E-state index < -0.39 is 0 Å². The molecule has 2 rings (SSSR count). The highest BCUT2D eigenvalue weighted by Crippen LogP contribution is 2.27. The van der Waals surface area contributed by atoms with Crippen LogP contribution in [0.1, 0.15) is 28.9 Å². The molecule has 20 heavy (non-hydrogen) atoms. The molecule has 5 heteroatoms. The molecule has 0 radical (unpaired) electrons. The van der Waals surface area contributed by atoms with Gasteiger partial charge in [-0.25, -0.2) is 4.98 Å². The number of ether oxygens (including phenoxy) is 1. The van der Waals surface area contributed by atoms with E-state index in [2.05, 4.69) is 16.8 Å². The van der Waals surface area contributed by atoms with Gasteiger partial charge in [-0.15, -0.1) is 0 Å². The molecule has 0 unspecified atom stereocenters. The number of pyridine rings is 1. The van der Waals surface area contributed by atoms with Crippen molar-refractivity contribution < 1.29 is 14.6 Å². The van der Waals surface area contributed by atoms with Crippen molar-refractivity contribution in [3.8, 4) is 11.8 Å². The van der Waals surface area contributed by atoms with E-state index in [1.54, 1.807) is 25.4 Å². The lowest BCUT2D eigenvalue weighted by atomic mass is 10.2. The van der Waals surface area contributed by atoms with Gasteiger partial charge >= 0.3 is 0 Å². The van der Waals surface area contributed by atoms with Crippen molar-refractivity contribution in [1.29, 1.82) is 0 Å². The van der Waals surface area contributed by atoms with Gasteiger partial charge in [0, 0.05) is 31.5 Å². The minimum absolute atomic E-state index is 0.0637. The zero-order valence-corrected chi connectivity index (χ0v) is 11.5. The largest absolute Gasteiger partial charge is 0.384 e. The van der Waals surface area contributed by atoms with Crippen molar-refractivity contribution in [2.75, 3.05) is 26.9 Å². The van der Waals surface area contributed by atoms with Gasteiger partial charge in [-0.05, 0) is 25.0 Å². The van der Waals surface area contributed by atoms with Crippen molar-refractivity contribution in [1.82, 2.24) is 9.88 Å². The number of aromatic nitrogens is 1. The highest BCUT2D eigenvalue weighted by Gasteiger charge is 2.33. The minimum Gasteiger partial charge on any atom is -0.384 e. The number of hydrogen-bond acceptors (Lipinski definition) is 4. The van der Waals surface area contributed by atoms with E-state index in [1.165, 1.54) is 0 Å². The van der Waals surface area contributed by atoms with Crippen LogP contribution in [0.3, 0.4) is 0 Å². The van der Waals surface area contributed by atoms with E-state index in [9.17, 15) is 4.79 Å². The molecule has 0 aliphatic heterocycles. The third-order valence-electron chi connectivity index (χ3n) is 3.08. The third-order valence-corrected chi connectivity index (χ3v) is 3.08. The topological polar surface area (TPSA) is 62.7 Å². The Balaban J connectivity index is 2.06. The smallest absolute Gasteiger partial charge is 0.272 e. The molecule has 1 N–H and O–H groups in total. The van der Waals surface area contributed by atoms with Crippen LogP contribution >= 0.6 is 0 Å². The Hall–Kier alpha value is -1.90. The van der Waals surface area contributed by atoms with Gasteiger partial charge in [-0.2, -0.15) is 0 Å². The summed E-state index contributed by atoms with van der Waals surface area (Å²) in [6.45, 7) is 0.934. The second-order valence-electron chi connectivity index (χ2n) is 4.61. The van der Waals surface area contributed by atoms with Gasteiger partial charge in [0.1, 0.15) is 12.3 Å². The van der Waals surface area contributed by atoms with Crippen LogP contribution in [0.5, 0.6) is 0 Å². The van der Waals surface area contributed by atoms with E-state index in [1.807, 2.05) is 4.90 Å². The van der Waals surface area contributed by atoms with Gasteiger partial charge in [0.05, 0.1) is 6.61 Å². The second kappa shape index (κ2) is 7.04. The predicted octanol–water partition coefficient (Wildman–Crippen LogP) is 0.676. The maximum atomic E-state index is 12.4. The van der Waals surface area contributed by atoms with Crippen molar-refractivity contribution in [3.05, 3.63) is 29.6 Å². The number of methoxy groups -OCH3 is 1. The SMILES string of the molecule is COCCN(C(=O)c1ccc(C#CCO)cn1)C1CC1. The number of carbonyl (C=O) groups is 1. The van der Waals surface area contributed by atoms with Gasteiger partial charge in [0.25, 0.3) is 5.91 Å². The van der Waals surface area contributed by atoms with E-state index >= 15 is 0 Å². The van der Waals surface area contributed by atoms with E-state index in [-0.39, 0.29) is 12.5 Å². The molecule has 0 atom stereocenters. The summed E-state index contributed by atoms with van der Waals surface area (Å²) in [4.78, 5) is 18.4. The quantitative estimate of drug-likeness (QED) is 0.802. The number of amides is 1. The first-order valence-electron chi connectivity index (χ1n) is 6.62. The molecule has 1 amide bonds. The Morgan fingerprint density at radius 3 is 2.90 bits per heavy atom. The number of carbonyl (C=O) groups excluding carboxylic acids is 1. The van der Waals surface area contributed by atoms with Crippen molar-refractivity contribution in [3.63, 3.8) is 0 Å². The fourth-order valence-corrected chi connectivity index (χ4v) is 1.91. The average Bonchev–Trinajstić information content (AvgIpc) is 3.30. The molecule has 1 aliphatic rings. The summed E-state index contributed by atoms with van der Waals surface area (Å²) in [5.74, 6) is 5.23. The molecular formula is C15H18N2O3. The molecule has 5 nitrogen and oxygen atoms in total. The molecule has 1 heterocycles. The van der Waals surface area contributed by atoms with Crippen LogP contribution in [0.25, 0.3) is 0 Å². The number of aliphatic hydroxyl groups is 1. The van der Waals surface area contributed by atoms with Crippen LogP contribution in [0.15, 0.2) is 18.3 Å². The molecule has 106 valence electrons. The average molecular weight is 274 g/mol. The lowest BCUT2D eigenvalue weighted by Crippen LogP contribution is -2.36. The lowest BCUT2D eigenvalue weighted by molar-refractivity contribution is 0.0674. The molecule has 0 spiro atoms. The molecule has 0 bridgehead atoms. The highest BCUT2D eigenvalue weighted by molar-refractivity contribution is 5.92. The summed E-state index contributed by atoms with van der Waals surface area (Å²) in [5, 5.41) is 8.63. The molecular weight excluding hydrogens is 256 g/mol. The van der Waals surface area contributed by atoms with E-state index in [0.717, 1.165) is 12.8 Å². The van der Waals surface area contributed by atoms with Crippen LogP contribution < -0.4 is 0 Å². The summed E-state index contributed by atoms with van der Waals surface area (Å²) < 4.78 is 5.04. The van der Waals surface area contributed by atoms with Gasteiger partial charge in [0.15, 0.2) is 0 Å². The summed E-state index contributed by atoms with van der Waals surface area (Å²) in [7, 11) is 1.63. The maximum absolute atomic E-state index is 12.4. The monoisotopic (exact) mass is 274 g/mol. The van der Waals surface area contributed by atoms with Gasteiger partial charge in [-0.3, -0.25) is 4.79 Å². The molecule has 1 aromatic heterocycles. The standard InChI is InChI=1S/C15H18N2O3/c1-20-10-8-17(13-5-6-13)15(19)14-7-4-12(11-16-14)3-2-9-18/h4,7,11,13,18H,5-6,8-10H2,1H3. The fraction of sp³-hybridized carbons (Fsp3) is 0.467. The molecule has 0 saturated heterocycles. The Morgan fingerprint density at radius 2 is 2.35 bits per heavy atom. The Bertz CT molecular complexity index is 512. The number of rotatable bonds is 5. The normalized spacial score (nSPS) is 13.5. The molecule has 0 aromatic carbocycles. The number of nitrogens with zero attached hydrogens (tertiary/aromatic N) is 2. The number of hydrogen-bond donors (Lipinski definition) is 1. The lowest BCUT2D eigenvalue weighted by Gasteiger charge is -2.21. The van der Waals surface area contributed by atoms with E-state index in [0.29, 0.717) is 30.5 Å². The van der Waals surface area contributed by atoms with Gasteiger partial charge in [-0.1, -0.05) is 11.8 Å². The summed E-state index contributed by atoms with van der Waals surface area (Å²) in [6.07, 6.45) is 3.66. The maximum Gasteiger partial charge on any atom is 0.272 e. The molecule has 1 aliphatic carbocycles. The minimum atomic E-state index is -0.187. The third kappa shape index (κ3) is 3.80. The summed E-state index contributed by atoms with van der Waals surface area (Å²) in [6, 6.07) is 3.74. The van der Waals surface area contributed by atoms with Crippen molar-refractivity contribution in [2.24, 2.45) is 0 Å².